The molecule has 0 bridgehead atoms. The van der Waals surface area contributed by atoms with E-state index < -0.39 is 0 Å². The van der Waals surface area contributed by atoms with Crippen molar-refractivity contribution in [2.75, 3.05) is 43.0 Å². The lowest BCUT2D eigenvalue weighted by molar-refractivity contribution is -0.114. The number of anilines is 3. The minimum atomic E-state index is -0.0671. The van der Waals surface area contributed by atoms with Gasteiger partial charge in [-0.3, -0.25) is 14.7 Å². The molecule has 10 heteroatoms. The number of fused-ring (bicyclic) bond motifs is 3. The van der Waals surface area contributed by atoms with Gasteiger partial charge < -0.3 is 19.7 Å². The van der Waals surface area contributed by atoms with E-state index in [9.17, 15) is 4.79 Å². The second kappa shape index (κ2) is 11.9. The zero-order valence-electron chi connectivity index (χ0n) is 21.9. The third-order valence-corrected chi connectivity index (χ3v) is 7.27. The van der Waals surface area contributed by atoms with Crippen LogP contribution in [-0.2, 0) is 11.4 Å². The van der Waals surface area contributed by atoms with Gasteiger partial charge in [0, 0.05) is 24.5 Å². The average molecular weight is 557 g/mol. The Balaban J connectivity index is 1.22. The molecule has 1 amide bonds. The quantitative estimate of drug-likeness (QED) is 0.289. The molecule has 1 saturated heterocycles. The molecule has 4 aromatic rings. The van der Waals surface area contributed by atoms with Gasteiger partial charge in [-0.15, -0.1) is 0 Å². The summed E-state index contributed by atoms with van der Waals surface area (Å²) in [6.07, 6.45) is 9.28. The Morgan fingerprint density at radius 1 is 1.07 bits per heavy atom. The maximum absolute atomic E-state index is 13.1. The van der Waals surface area contributed by atoms with Crippen LogP contribution in [0.2, 0.25) is 5.02 Å². The Labute approximate surface area is 237 Å². The maximum atomic E-state index is 13.1. The van der Waals surface area contributed by atoms with Gasteiger partial charge in [0.2, 0.25) is 0 Å². The number of aromatic nitrogens is 3. The molecule has 6 rings (SSSR count). The Morgan fingerprint density at radius 2 is 1.98 bits per heavy atom. The van der Waals surface area contributed by atoms with E-state index >= 15 is 0 Å². The summed E-state index contributed by atoms with van der Waals surface area (Å²) in [6.45, 7) is 4.13. The molecule has 0 radical (unpaired) electrons. The number of ether oxygens (including phenoxy) is 2. The van der Waals surface area contributed by atoms with Gasteiger partial charge in [-0.25, -0.2) is 9.97 Å². The Morgan fingerprint density at radius 3 is 2.80 bits per heavy atom. The van der Waals surface area contributed by atoms with E-state index in [0.717, 1.165) is 31.0 Å². The first-order chi connectivity index (χ1) is 19.7. The third-order valence-electron chi connectivity index (χ3n) is 6.97. The van der Waals surface area contributed by atoms with Crippen molar-refractivity contribution in [2.45, 2.75) is 19.4 Å². The van der Waals surface area contributed by atoms with E-state index in [2.05, 4.69) is 25.2 Å². The summed E-state index contributed by atoms with van der Waals surface area (Å²) in [5, 5.41) is 4.50. The number of nitrogens with zero attached hydrogens (tertiary/aromatic N) is 5. The molecule has 2 aliphatic heterocycles. The number of hydrogen-bond donors (Lipinski definition) is 1. The molecule has 1 fully saturated rings. The second-order valence-electron chi connectivity index (χ2n) is 9.66. The number of carbonyl (C=O) groups excluding carboxylic acids is 1. The van der Waals surface area contributed by atoms with Crippen LogP contribution in [-0.4, -0.2) is 58.5 Å². The smallest absolute Gasteiger partial charge is 0.250 e. The Kier molecular flexibility index (Phi) is 7.74. The highest BCUT2D eigenvalue weighted by Crippen LogP contribution is 2.42. The number of benzene rings is 2. The number of nitrogens with one attached hydrogen (secondary N) is 1. The molecule has 2 aliphatic rings. The number of likely N-dealkylation sites (tertiary alicyclic amines) is 1. The lowest BCUT2D eigenvalue weighted by atomic mass is 10.1. The fraction of sp³-hybridized carbons (Fsp3) is 0.267. The number of rotatable bonds is 8. The van der Waals surface area contributed by atoms with E-state index in [1.54, 1.807) is 29.3 Å². The van der Waals surface area contributed by atoms with Gasteiger partial charge >= 0.3 is 0 Å². The SMILES string of the molecule is O=C(/C=C/CN1CCCC1)N1CCOc2c1ccc1ncnc(Nc3ccc(OCc4ccccn4)c(Cl)c3)c21. The number of hydrogen-bond acceptors (Lipinski definition) is 8. The molecule has 204 valence electrons. The first kappa shape index (κ1) is 26.0. The van der Waals surface area contributed by atoms with Crippen molar-refractivity contribution < 1.29 is 14.3 Å². The standard InChI is InChI=1S/C30H29ClN6O3/c31-23-18-21(8-11-26(23)40-19-22-6-1-2-12-32-22)35-30-28-24(33-20-34-30)9-10-25-29(28)39-17-16-37(25)27(38)7-5-15-36-13-3-4-14-36/h1-2,5-12,18,20H,3-4,13-17,19H2,(H,33,34,35)/b7-5+. The molecular weight excluding hydrogens is 528 g/mol. The van der Waals surface area contributed by atoms with Gasteiger partial charge in [-0.05, 0) is 68.4 Å². The van der Waals surface area contributed by atoms with E-state index in [0.29, 0.717) is 58.7 Å². The van der Waals surface area contributed by atoms with Gasteiger partial charge in [-0.1, -0.05) is 23.7 Å². The molecular formula is C30H29ClN6O3. The van der Waals surface area contributed by atoms with Crippen molar-refractivity contribution in [1.29, 1.82) is 0 Å². The minimum absolute atomic E-state index is 0.0671. The zero-order chi connectivity index (χ0) is 27.3. The van der Waals surface area contributed by atoms with Crippen LogP contribution < -0.4 is 19.7 Å². The summed E-state index contributed by atoms with van der Waals surface area (Å²) in [7, 11) is 0. The van der Waals surface area contributed by atoms with Crippen molar-refractivity contribution in [3.8, 4) is 11.5 Å². The zero-order valence-corrected chi connectivity index (χ0v) is 22.7. The van der Waals surface area contributed by atoms with Crippen LogP contribution in [0.15, 0.2) is 73.2 Å². The maximum Gasteiger partial charge on any atom is 0.250 e. The van der Waals surface area contributed by atoms with Crippen LogP contribution in [0.25, 0.3) is 10.9 Å². The lowest BCUT2D eigenvalue weighted by Gasteiger charge is -2.30. The predicted molar refractivity (Wildman–Crippen MR) is 156 cm³/mol. The van der Waals surface area contributed by atoms with Crippen molar-refractivity contribution in [1.82, 2.24) is 19.9 Å². The summed E-state index contributed by atoms with van der Waals surface area (Å²) in [5.41, 5.74) is 2.94. The highest BCUT2D eigenvalue weighted by atomic mass is 35.5. The van der Waals surface area contributed by atoms with Gasteiger partial charge in [0.1, 0.15) is 31.1 Å². The van der Waals surface area contributed by atoms with Crippen molar-refractivity contribution in [3.63, 3.8) is 0 Å². The van der Waals surface area contributed by atoms with E-state index in [4.69, 9.17) is 21.1 Å². The molecule has 0 atom stereocenters. The average Bonchev–Trinajstić information content (AvgIpc) is 3.50. The molecule has 4 heterocycles. The van der Waals surface area contributed by atoms with Crippen molar-refractivity contribution >= 4 is 45.6 Å². The first-order valence-corrected chi connectivity index (χ1v) is 13.7. The molecule has 0 aliphatic carbocycles. The normalized spacial score (nSPS) is 15.3. The predicted octanol–water partition coefficient (Wildman–Crippen LogP) is 5.38. The third kappa shape index (κ3) is 5.71. The summed E-state index contributed by atoms with van der Waals surface area (Å²) >= 11 is 6.54. The summed E-state index contributed by atoms with van der Waals surface area (Å²) in [4.78, 5) is 30.4. The Bertz CT molecular complexity index is 1540. The van der Waals surface area contributed by atoms with Crippen LogP contribution in [0.5, 0.6) is 11.5 Å². The van der Waals surface area contributed by atoms with E-state index in [1.165, 1.54) is 19.2 Å². The topological polar surface area (TPSA) is 92.7 Å². The van der Waals surface area contributed by atoms with Gasteiger partial charge in [0.05, 0.1) is 33.9 Å². The van der Waals surface area contributed by atoms with Gasteiger partial charge in [0.15, 0.2) is 5.75 Å². The minimum Gasteiger partial charge on any atom is -0.489 e. The van der Waals surface area contributed by atoms with Crippen LogP contribution >= 0.6 is 11.6 Å². The second-order valence-corrected chi connectivity index (χ2v) is 10.1. The monoisotopic (exact) mass is 556 g/mol. The number of halogens is 1. The number of pyridine rings is 1. The van der Waals surface area contributed by atoms with Crippen LogP contribution in [0.4, 0.5) is 17.2 Å². The van der Waals surface area contributed by atoms with E-state index in [-0.39, 0.29) is 5.91 Å². The highest BCUT2D eigenvalue weighted by molar-refractivity contribution is 6.32. The molecule has 2 aromatic carbocycles. The summed E-state index contributed by atoms with van der Waals surface area (Å²) in [6, 6.07) is 14.9. The Hall–Kier alpha value is -4.21. The molecule has 2 aromatic heterocycles. The largest absolute Gasteiger partial charge is 0.489 e. The highest BCUT2D eigenvalue weighted by Gasteiger charge is 2.26. The molecule has 0 unspecified atom stereocenters. The molecule has 0 spiro atoms. The van der Waals surface area contributed by atoms with Crippen molar-refractivity contribution in [3.05, 3.63) is 83.9 Å². The van der Waals surface area contributed by atoms with Crippen molar-refractivity contribution in [2.24, 2.45) is 0 Å². The fourth-order valence-corrected chi connectivity index (χ4v) is 5.21. The summed E-state index contributed by atoms with van der Waals surface area (Å²) in [5.74, 6) is 1.62. The van der Waals surface area contributed by atoms with Gasteiger partial charge in [-0.2, -0.15) is 0 Å². The van der Waals surface area contributed by atoms with Gasteiger partial charge in [0.25, 0.3) is 5.91 Å². The number of carbonyl (C=O) groups is 1. The number of amides is 1. The first-order valence-electron chi connectivity index (χ1n) is 13.4. The summed E-state index contributed by atoms with van der Waals surface area (Å²) < 4.78 is 12.0. The molecule has 40 heavy (non-hydrogen) atoms. The molecule has 1 N–H and O–H groups in total. The molecule has 9 nitrogen and oxygen atoms in total. The van der Waals surface area contributed by atoms with E-state index in [1.807, 2.05) is 42.5 Å². The lowest BCUT2D eigenvalue weighted by Crippen LogP contribution is -2.37. The van der Waals surface area contributed by atoms with Crippen LogP contribution in [0.3, 0.4) is 0 Å². The fourth-order valence-electron chi connectivity index (χ4n) is 4.98. The van der Waals surface area contributed by atoms with Crippen LogP contribution in [0, 0.1) is 0 Å². The molecule has 0 saturated carbocycles. The van der Waals surface area contributed by atoms with Crippen LogP contribution in [0.1, 0.15) is 18.5 Å².